The Balaban J connectivity index is 1.10. The first-order valence-corrected chi connectivity index (χ1v) is 20.7. The molecule has 2 heterocycles. The summed E-state index contributed by atoms with van der Waals surface area (Å²) in [5, 5.41) is 6.13. The van der Waals surface area contributed by atoms with Crippen molar-refractivity contribution in [2.75, 3.05) is 6.54 Å². The molecule has 7 aromatic carbocycles. The molecule has 11 rings (SSSR count). The molecule has 2 atom stereocenters. The van der Waals surface area contributed by atoms with Crippen LogP contribution >= 0.6 is 0 Å². The third kappa shape index (κ3) is 6.68. The predicted octanol–water partition coefficient (Wildman–Crippen LogP) is 11.0. The molecule has 1 aliphatic heterocycles. The molecule has 2 aliphatic carbocycles. The zero-order chi connectivity index (χ0) is 39.8. The monoisotopic (exact) mass is 768 g/mol. The lowest BCUT2D eigenvalue weighted by Gasteiger charge is -2.31. The molecule has 8 aromatic rings. The molecule has 4 heteroatoms. The van der Waals surface area contributed by atoms with Crippen molar-refractivity contribution < 1.29 is 0 Å². The van der Waals surface area contributed by atoms with Crippen LogP contribution < -0.4 is 15.8 Å². The van der Waals surface area contributed by atoms with Crippen LogP contribution in [0.25, 0.3) is 73.8 Å². The fourth-order valence-electron chi connectivity index (χ4n) is 8.93. The van der Waals surface area contributed by atoms with Gasteiger partial charge in [0.25, 0.3) is 0 Å². The summed E-state index contributed by atoms with van der Waals surface area (Å²) in [6.07, 6.45) is 13.7. The molecular weight excluding hydrogens is 729 g/mol. The number of allylic oxidation sites excluding steroid dienone is 5. The molecule has 0 amide bonds. The normalized spacial score (nSPS) is 16.1. The molecule has 0 spiro atoms. The van der Waals surface area contributed by atoms with E-state index in [4.69, 9.17) is 15.0 Å². The van der Waals surface area contributed by atoms with Crippen molar-refractivity contribution in [1.82, 2.24) is 20.3 Å². The van der Waals surface area contributed by atoms with Crippen molar-refractivity contribution in [2.24, 2.45) is 5.92 Å². The topological polar surface area (TPSA) is 50.7 Å². The number of fused-ring (bicyclic) bond motifs is 4. The lowest BCUT2D eigenvalue weighted by molar-refractivity contribution is 0.689. The number of nitrogens with zero attached hydrogens (tertiary/aromatic N) is 3. The van der Waals surface area contributed by atoms with Gasteiger partial charge in [-0.2, -0.15) is 0 Å². The van der Waals surface area contributed by atoms with Gasteiger partial charge in [-0.25, -0.2) is 15.0 Å². The second-order valence-corrected chi connectivity index (χ2v) is 15.6. The van der Waals surface area contributed by atoms with Gasteiger partial charge in [0.15, 0.2) is 17.5 Å². The number of rotatable bonds is 7. The zero-order valence-electron chi connectivity index (χ0n) is 32.9. The van der Waals surface area contributed by atoms with E-state index in [0.717, 1.165) is 56.7 Å². The molecule has 1 aromatic heterocycles. The first-order valence-electron chi connectivity index (χ1n) is 20.7. The van der Waals surface area contributed by atoms with Gasteiger partial charge in [0.1, 0.15) is 0 Å². The minimum absolute atomic E-state index is 0.314. The van der Waals surface area contributed by atoms with Crippen LogP contribution in [0.2, 0.25) is 0 Å². The van der Waals surface area contributed by atoms with Crippen LogP contribution in [0.3, 0.4) is 0 Å². The maximum absolute atomic E-state index is 5.18. The van der Waals surface area contributed by atoms with E-state index in [9.17, 15) is 0 Å². The number of nitrogens with one attached hydrogen (secondary N) is 1. The summed E-state index contributed by atoms with van der Waals surface area (Å²) in [7, 11) is 0. The molecule has 4 nitrogen and oxygen atoms in total. The Morgan fingerprint density at radius 1 is 0.433 bits per heavy atom. The second-order valence-electron chi connectivity index (χ2n) is 15.6. The molecule has 60 heavy (non-hydrogen) atoms. The average Bonchev–Trinajstić information content (AvgIpc) is 3.34. The second kappa shape index (κ2) is 15.2. The van der Waals surface area contributed by atoms with Crippen LogP contribution in [0.5, 0.6) is 0 Å². The average molecular weight is 769 g/mol. The molecule has 284 valence electrons. The molecular formula is C56H40N4. The van der Waals surface area contributed by atoms with E-state index in [1.54, 1.807) is 0 Å². The highest BCUT2D eigenvalue weighted by molar-refractivity contribution is 5.88. The van der Waals surface area contributed by atoms with Gasteiger partial charge in [-0.3, -0.25) is 0 Å². The molecule has 0 fully saturated rings. The molecule has 3 aliphatic rings. The Hall–Kier alpha value is -7.69. The summed E-state index contributed by atoms with van der Waals surface area (Å²) < 4.78 is 0. The van der Waals surface area contributed by atoms with Crippen molar-refractivity contribution in [1.29, 1.82) is 0 Å². The van der Waals surface area contributed by atoms with Crippen LogP contribution in [-0.4, -0.2) is 21.5 Å². The van der Waals surface area contributed by atoms with Gasteiger partial charge in [0.2, 0.25) is 0 Å². The van der Waals surface area contributed by atoms with E-state index in [1.807, 2.05) is 36.4 Å². The Bertz CT molecular complexity index is 3100. The van der Waals surface area contributed by atoms with E-state index < -0.39 is 0 Å². The van der Waals surface area contributed by atoms with Gasteiger partial charge in [-0.15, -0.1) is 0 Å². The lowest BCUT2D eigenvalue weighted by atomic mass is 9.73. The molecule has 0 saturated heterocycles. The third-order valence-corrected chi connectivity index (χ3v) is 11.9. The summed E-state index contributed by atoms with van der Waals surface area (Å²) in [5.74, 6) is 2.56. The third-order valence-electron chi connectivity index (χ3n) is 11.9. The Morgan fingerprint density at radius 3 is 1.70 bits per heavy atom. The molecule has 2 unspecified atom stereocenters. The highest BCUT2D eigenvalue weighted by Crippen LogP contribution is 2.44. The highest BCUT2D eigenvalue weighted by Gasteiger charge is 2.28. The molecule has 0 bridgehead atoms. The van der Waals surface area contributed by atoms with Gasteiger partial charge >= 0.3 is 0 Å². The lowest BCUT2D eigenvalue weighted by Crippen LogP contribution is -2.37. The van der Waals surface area contributed by atoms with E-state index >= 15 is 0 Å². The van der Waals surface area contributed by atoms with E-state index in [2.05, 4.69) is 181 Å². The molecule has 0 radical (unpaired) electrons. The van der Waals surface area contributed by atoms with Crippen LogP contribution in [-0.2, 0) is 0 Å². The fourth-order valence-corrected chi connectivity index (χ4v) is 8.93. The summed E-state index contributed by atoms with van der Waals surface area (Å²) in [4.78, 5) is 15.4. The summed E-state index contributed by atoms with van der Waals surface area (Å²) in [6.45, 7) is 0.786. The van der Waals surface area contributed by atoms with Crippen molar-refractivity contribution in [3.05, 3.63) is 239 Å². The number of aromatic nitrogens is 3. The van der Waals surface area contributed by atoms with Crippen molar-refractivity contribution >= 4 is 17.3 Å². The minimum atomic E-state index is 0.314. The van der Waals surface area contributed by atoms with E-state index in [0.29, 0.717) is 29.3 Å². The zero-order valence-corrected chi connectivity index (χ0v) is 32.9. The number of benzene rings is 7. The van der Waals surface area contributed by atoms with Gasteiger partial charge in [-0.1, -0.05) is 182 Å². The standard InChI is InChI=1S/C56H40N4/c1-3-16-38(17-4-1)54-58-55(39-18-5-2-6-19-39)60-56(59-54)47-34-45(33-46(35-47)41-22-14-24-44(32-41)53-49-26-10-7-15-37(49)29-30-57-53)40-21-13-23-42(31-40)52-36-43-20-8-9-25-48(43)50-27-11-12-28-51(50)52/h1-29,31-36,43,48,57H,30H2. The summed E-state index contributed by atoms with van der Waals surface area (Å²) in [6, 6.07) is 62.5. The number of hydrogen-bond donors (Lipinski definition) is 1. The quantitative estimate of drug-likeness (QED) is 0.175. The fraction of sp³-hybridized carbons (Fsp3) is 0.0536. The predicted molar refractivity (Wildman–Crippen MR) is 246 cm³/mol. The highest BCUT2D eigenvalue weighted by atomic mass is 15.0. The maximum atomic E-state index is 5.18. The first kappa shape index (κ1) is 35.5. The summed E-state index contributed by atoms with van der Waals surface area (Å²) in [5.41, 5.74) is 14.6. The Labute approximate surface area is 350 Å². The molecule has 1 N–H and O–H groups in total. The van der Waals surface area contributed by atoms with Gasteiger partial charge in [0, 0.05) is 46.0 Å². The molecule has 0 saturated carbocycles. The smallest absolute Gasteiger partial charge is 0.164 e. The SMILES string of the molecule is C1=CC2C=C(c3cccc(-c4cc(-c5cccc(C6=c7ccccc7=CCN6)c5)cc(-c5nc(-c6ccccc6)nc(-c6ccccc6)n5)c4)c3)c3ccccc3C2C=C1. The van der Waals surface area contributed by atoms with Crippen molar-refractivity contribution in [2.45, 2.75) is 5.92 Å². The van der Waals surface area contributed by atoms with Crippen LogP contribution in [0.4, 0.5) is 0 Å². The van der Waals surface area contributed by atoms with E-state index in [1.165, 1.54) is 32.7 Å². The van der Waals surface area contributed by atoms with Crippen molar-refractivity contribution in [3.8, 4) is 56.4 Å². The summed E-state index contributed by atoms with van der Waals surface area (Å²) >= 11 is 0. The minimum Gasteiger partial charge on any atom is -0.381 e. The first-order chi connectivity index (χ1) is 29.7. The Kier molecular flexibility index (Phi) is 9.01. The van der Waals surface area contributed by atoms with Crippen LogP contribution in [0.1, 0.15) is 28.2 Å². The maximum Gasteiger partial charge on any atom is 0.164 e. The van der Waals surface area contributed by atoms with Crippen LogP contribution in [0, 0.1) is 5.92 Å². The Morgan fingerprint density at radius 2 is 0.967 bits per heavy atom. The van der Waals surface area contributed by atoms with Gasteiger partial charge in [-0.05, 0) is 85.6 Å². The van der Waals surface area contributed by atoms with Gasteiger partial charge in [0.05, 0.1) is 0 Å². The number of hydrogen-bond acceptors (Lipinski definition) is 4. The van der Waals surface area contributed by atoms with Crippen molar-refractivity contribution in [3.63, 3.8) is 0 Å². The largest absolute Gasteiger partial charge is 0.381 e. The van der Waals surface area contributed by atoms with E-state index in [-0.39, 0.29) is 0 Å². The van der Waals surface area contributed by atoms with Gasteiger partial charge < -0.3 is 5.32 Å². The van der Waals surface area contributed by atoms with Crippen LogP contribution in [0.15, 0.2) is 206 Å².